The SMILES string of the molecule is NCCC(=O)c1ccc[nH]1. The van der Waals surface area contributed by atoms with Crippen LogP contribution in [0.15, 0.2) is 18.3 Å². The second kappa shape index (κ2) is 3.17. The van der Waals surface area contributed by atoms with Gasteiger partial charge in [-0.2, -0.15) is 0 Å². The van der Waals surface area contributed by atoms with Crippen molar-refractivity contribution in [3.05, 3.63) is 24.0 Å². The van der Waals surface area contributed by atoms with Crippen LogP contribution in [0, 0.1) is 0 Å². The Hall–Kier alpha value is -1.09. The maximum atomic E-state index is 11.0. The van der Waals surface area contributed by atoms with Gasteiger partial charge in [-0.1, -0.05) is 0 Å². The predicted molar refractivity (Wildman–Crippen MR) is 38.8 cm³/mol. The second-order valence-corrected chi connectivity index (χ2v) is 2.05. The summed E-state index contributed by atoms with van der Waals surface area (Å²) in [6.07, 6.45) is 2.14. The van der Waals surface area contributed by atoms with Gasteiger partial charge in [0.1, 0.15) is 0 Å². The number of aromatic amines is 1. The van der Waals surface area contributed by atoms with Gasteiger partial charge in [-0.15, -0.1) is 0 Å². The fraction of sp³-hybridized carbons (Fsp3) is 0.286. The Bertz CT molecular complexity index is 203. The lowest BCUT2D eigenvalue weighted by molar-refractivity contribution is 0.0981. The topological polar surface area (TPSA) is 58.9 Å². The fourth-order valence-electron chi connectivity index (χ4n) is 0.770. The molecule has 1 aromatic heterocycles. The highest BCUT2D eigenvalue weighted by molar-refractivity contribution is 5.94. The minimum Gasteiger partial charge on any atom is -0.359 e. The van der Waals surface area contributed by atoms with E-state index in [1.54, 1.807) is 18.3 Å². The van der Waals surface area contributed by atoms with E-state index in [-0.39, 0.29) is 5.78 Å². The summed E-state index contributed by atoms with van der Waals surface area (Å²) in [6, 6.07) is 3.54. The largest absolute Gasteiger partial charge is 0.359 e. The van der Waals surface area contributed by atoms with E-state index < -0.39 is 0 Å². The zero-order valence-corrected chi connectivity index (χ0v) is 5.63. The molecule has 3 heteroatoms. The number of rotatable bonds is 3. The van der Waals surface area contributed by atoms with E-state index in [1.165, 1.54) is 0 Å². The van der Waals surface area contributed by atoms with Crippen LogP contribution < -0.4 is 5.73 Å². The molecule has 0 atom stereocenters. The monoisotopic (exact) mass is 138 g/mol. The number of Topliss-reactive ketones (excluding diaryl/α,β-unsaturated/α-hetero) is 1. The number of hydrogen-bond acceptors (Lipinski definition) is 2. The van der Waals surface area contributed by atoms with E-state index in [4.69, 9.17) is 5.73 Å². The molecule has 0 amide bonds. The maximum absolute atomic E-state index is 11.0. The summed E-state index contributed by atoms with van der Waals surface area (Å²) in [4.78, 5) is 13.8. The lowest BCUT2D eigenvalue weighted by atomic mass is 10.2. The lowest BCUT2D eigenvalue weighted by Gasteiger charge is -1.91. The summed E-state index contributed by atoms with van der Waals surface area (Å²) in [5.41, 5.74) is 5.84. The van der Waals surface area contributed by atoms with E-state index in [0.717, 1.165) is 0 Å². The normalized spacial score (nSPS) is 9.70. The number of ketones is 1. The minimum atomic E-state index is 0.0764. The molecule has 0 bridgehead atoms. The number of carbonyl (C=O) groups is 1. The maximum Gasteiger partial charge on any atom is 0.180 e. The molecule has 0 saturated carbocycles. The molecule has 0 radical (unpaired) electrons. The summed E-state index contributed by atoms with van der Waals surface area (Å²) >= 11 is 0. The first-order valence-electron chi connectivity index (χ1n) is 3.21. The highest BCUT2D eigenvalue weighted by atomic mass is 16.1. The smallest absolute Gasteiger partial charge is 0.180 e. The van der Waals surface area contributed by atoms with Crippen LogP contribution in [0.25, 0.3) is 0 Å². The summed E-state index contributed by atoms with van der Waals surface area (Å²) in [5, 5.41) is 0. The van der Waals surface area contributed by atoms with E-state index in [2.05, 4.69) is 4.98 Å². The number of aromatic nitrogens is 1. The number of nitrogens with two attached hydrogens (primary N) is 1. The summed E-state index contributed by atoms with van der Waals surface area (Å²) in [7, 11) is 0. The summed E-state index contributed by atoms with van der Waals surface area (Å²) < 4.78 is 0. The van der Waals surface area contributed by atoms with Crippen molar-refractivity contribution in [1.82, 2.24) is 4.98 Å². The standard InChI is InChI=1S/C7H10N2O/c8-4-3-7(10)6-2-1-5-9-6/h1-2,5,9H,3-4,8H2. The Labute approximate surface area is 59.2 Å². The van der Waals surface area contributed by atoms with Gasteiger partial charge in [0.2, 0.25) is 0 Å². The van der Waals surface area contributed by atoms with Crippen molar-refractivity contribution in [2.24, 2.45) is 5.73 Å². The molecular weight excluding hydrogens is 128 g/mol. The second-order valence-electron chi connectivity index (χ2n) is 2.05. The van der Waals surface area contributed by atoms with Crippen LogP contribution in [0.2, 0.25) is 0 Å². The molecule has 1 aromatic rings. The van der Waals surface area contributed by atoms with Gasteiger partial charge in [0.05, 0.1) is 5.69 Å². The van der Waals surface area contributed by atoms with E-state index in [0.29, 0.717) is 18.7 Å². The van der Waals surface area contributed by atoms with E-state index >= 15 is 0 Å². The Kier molecular flexibility index (Phi) is 2.23. The zero-order chi connectivity index (χ0) is 7.40. The van der Waals surface area contributed by atoms with E-state index in [1.807, 2.05) is 0 Å². The first-order chi connectivity index (χ1) is 4.84. The fourth-order valence-corrected chi connectivity index (χ4v) is 0.770. The highest BCUT2D eigenvalue weighted by Crippen LogP contribution is 1.97. The molecule has 0 aliphatic heterocycles. The van der Waals surface area contributed by atoms with Gasteiger partial charge >= 0.3 is 0 Å². The molecule has 1 rings (SSSR count). The molecule has 0 aliphatic rings. The molecule has 54 valence electrons. The van der Waals surface area contributed by atoms with Crippen LogP contribution in [0.5, 0.6) is 0 Å². The Morgan fingerprint density at radius 2 is 2.50 bits per heavy atom. The Morgan fingerprint density at radius 1 is 1.70 bits per heavy atom. The van der Waals surface area contributed by atoms with Crippen molar-refractivity contribution in [3.8, 4) is 0 Å². The van der Waals surface area contributed by atoms with Crippen LogP contribution in [-0.4, -0.2) is 17.3 Å². The molecule has 0 aromatic carbocycles. The third-order valence-corrected chi connectivity index (χ3v) is 1.27. The van der Waals surface area contributed by atoms with Crippen LogP contribution in [0.4, 0.5) is 0 Å². The number of carbonyl (C=O) groups excluding carboxylic acids is 1. The van der Waals surface area contributed by atoms with Gasteiger partial charge in [-0.25, -0.2) is 0 Å². The molecule has 1 heterocycles. The average Bonchev–Trinajstić information content (AvgIpc) is 2.38. The lowest BCUT2D eigenvalue weighted by Crippen LogP contribution is -2.08. The van der Waals surface area contributed by atoms with Crippen LogP contribution >= 0.6 is 0 Å². The molecule has 3 N–H and O–H groups in total. The van der Waals surface area contributed by atoms with Gasteiger partial charge in [0.25, 0.3) is 0 Å². The van der Waals surface area contributed by atoms with Crippen molar-refractivity contribution < 1.29 is 4.79 Å². The third-order valence-electron chi connectivity index (χ3n) is 1.27. The van der Waals surface area contributed by atoms with Crippen LogP contribution in [0.3, 0.4) is 0 Å². The van der Waals surface area contributed by atoms with E-state index in [9.17, 15) is 4.79 Å². The summed E-state index contributed by atoms with van der Waals surface area (Å²) in [5.74, 6) is 0.0764. The van der Waals surface area contributed by atoms with Gasteiger partial charge in [0.15, 0.2) is 5.78 Å². The van der Waals surface area contributed by atoms with Crippen molar-refractivity contribution in [2.45, 2.75) is 6.42 Å². The molecule has 0 fully saturated rings. The first-order valence-corrected chi connectivity index (χ1v) is 3.21. The molecular formula is C7H10N2O. The first kappa shape index (κ1) is 7.02. The molecule has 0 spiro atoms. The quantitative estimate of drug-likeness (QED) is 0.599. The highest BCUT2D eigenvalue weighted by Gasteiger charge is 2.02. The number of hydrogen-bond donors (Lipinski definition) is 2. The molecule has 0 aliphatic carbocycles. The van der Waals surface area contributed by atoms with Crippen molar-refractivity contribution in [2.75, 3.05) is 6.54 Å². The van der Waals surface area contributed by atoms with Crippen molar-refractivity contribution in [1.29, 1.82) is 0 Å². The van der Waals surface area contributed by atoms with Crippen molar-refractivity contribution in [3.63, 3.8) is 0 Å². The van der Waals surface area contributed by atoms with Gasteiger partial charge < -0.3 is 10.7 Å². The zero-order valence-electron chi connectivity index (χ0n) is 5.63. The predicted octanol–water partition coefficient (Wildman–Crippen LogP) is 0.546. The van der Waals surface area contributed by atoms with Gasteiger partial charge in [-0.05, 0) is 18.7 Å². The molecule has 0 saturated heterocycles. The number of nitrogens with one attached hydrogen (secondary N) is 1. The van der Waals surface area contributed by atoms with Gasteiger partial charge in [0, 0.05) is 12.6 Å². The van der Waals surface area contributed by atoms with Crippen LogP contribution in [0.1, 0.15) is 16.9 Å². The third kappa shape index (κ3) is 1.45. The molecule has 10 heavy (non-hydrogen) atoms. The molecule has 3 nitrogen and oxygen atoms in total. The molecule has 0 unspecified atom stereocenters. The van der Waals surface area contributed by atoms with Crippen LogP contribution in [-0.2, 0) is 0 Å². The van der Waals surface area contributed by atoms with Crippen molar-refractivity contribution >= 4 is 5.78 Å². The summed E-state index contributed by atoms with van der Waals surface area (Å²) in [6.45, 7) is 0.415. The number of H-pyrrole nitrogens is 1. The minimum absolute atomic E-state index is 0.0764. The Balaban J connectivity index is 2.59. The average molecular weight is 138 g/mol. The Morgan fingerprint density at radius 3 is 3.00 bits per heavy atom. The van der Waals surface area contributed by atoms with Gasteiger partial charge in [-0.3, -0.25) is 4.79 Å².